The molecule has 21 heavy (non-hydrogen) atoms. The first-order chi connectivity index (χ1) is 10.3. The Balaban J connectivity index is 1.45. The van der Waals surface area contributed by atoms with E-state index in [2.05, 4.69) is 10.3 Å². The van der Waals surface area contributed by atoms with Crippen molar-refractivity contribution in [3.8, 4) is 11.5 Å². The van der Waals surface area contributed by atoms with Gasteiger partial charge in [-0.3, -0.25) is 4.79 Å². The van der Waals surface area contributed by atoms with Crippen molar-refractivity contribution in [1.29, 1.82) is 0 Å². The average molecular weight is 287 g/mol. The zero-order chi connectivity index (χ0) is 14.5. The van der Waals surface area contributed by atoms with E-state index in [9.17, 15) is 4.79 Å². The molecule has 1 aromatic heterocycles. The zero-order valence-corrected chi connectivity index (χ0v) is 11.6. The van der Waals surface area contributed by atoms with Gasteiger partial charge in [0.05, 0.1) is 11.9 Å². The van der Waals surface area contributed by atoms with Crippen LogP contribution in [0.3, 0.4) is 0 Å². The molecule has 0 atom stereocenters. The smallest absolute Gasteiger partial charge is 0.255 e. The van der Waals surface area contributed by atoms with Crippen molar-refractivity contribution in [2.45, 2.75) is 19.4 Å². The van der Waals surface area contributed by atoms with E-state index in [0.717, 1.165) is 19.4 Å². The molecule has 1 amide bonds. The molecule has 1 N–H and O–H groups in total. The molecule has 0 saturated heterocycles. The van der Waals surface area contributed by atoms with Crippen molar-refractivity contribution in [2.75, 3.05) is 13.3 Å². The largest absolute Gasteiger partial charge is 0.454 e. The molecule has 0 radical (unpaired) electrons. The van der Waals surface area contributed by atoms with Crippen molar-refractivity contribution in [1.82, 2.24) is 14.9 Å². The van der Waals surface area contributed by atoms with E-state index in [1.165, 1.54) is 0 Å². The van der Waals surface area contributed by atoms with Gasteiger partial charge in [-0.2, -0.15) is 0 Å². The van der Waals surface area contributed by atoms with Crippen molar-refractivity contribution >= 4 is 5.91 Å². The van der Waals surface area contributed by atoms with E-state index in [1.54, 1.807) is 30.7 Å². The van der Waals surface area contributed by atoms with E-state index < -0.39 is 0 Å². The second-order valence-corrected chi connectivity index (χ2v) is 4.80. The number of carbonyl (C=O) groups is 1. The third kappa shape index (κ3) is 3.16. The quantitative estimate of drug-likeness (QED) is 0.823. The Kier molecular flexibility index (Phi) is 4.04. The first-order valence-corrected chi connectivity index (χ1v) is 6.97. The highest BCUT2D eigenvalue weighted by molar-refractivity contribution is 5.97. The number of imidazole rings is 1. The van der Waals surface area contributed by atoms with Crippen molar-refractivity contribution < 1.29 is 14.3 Å². The van der Waals surface area contributed by atoms with Crippen LogP contribution >= 0.6 is 0 Å². The zero-order valence-electron chi connectivity index (χ0n) is 11.6. The number of nitrogens with zero attached hydrogens (tertiary/aromatic N) is 2. The summed E-state index contributed by atoms with van der Waals surface area (Å²) in [6.07, 6.45) is 7.39. The molecular formula is C15H17N3O3. The lowest BCUT2D eigenvalue weighted by atomic mass is 10.1. The fraction of sp³-hybridized carbons (Fsp3) is 0.333. The van der Waals surface area contributed by atoms with Crippen LogP contribution in [0.15, 0.2) is 36.9 Å². The third-order valence-electron chi connectivity index (χ3n) is 3.33. The van der Waals surface area contributed by atoms with Gasteiger partial charge in [0, 0.05) is 25.5 Å². The molecule has 3 rings (SSSR count). The number of rotatable bonds is 6. The number of aromatic nitrogens is 2. The van der Waals surface area contributed by atoms with Gasteiger partial charge in [0.1, 0.15) is 0 Å². The number of aryl methyl sites for hydroxylation is 1. The Hall–Kier alpha value is -2.50. The molecule has 0 spiro atoms. The summed E-state index contributed by atoms with van der Waals surface area (Å²) in [5.41, 5.74) is 0.527. The fourth-order valence-corrected chi connectivity index (χ4v) is 2.24. The standard InChI is InChI=1S/C15H17N3O3/c19-15(12-4-3-5-13-14(12)21-11-20-13)17-6-1-2-8-18-9-7-16-10-18/h3-5,7,9-10H,1-2,6,8,11H2,(H,17,19). The number of unbranched alkanes of at least 4 members (excludes halogenated alkanes) is 1. The van der Waals surface area contributed by atoms with Crippen LogP contribution in [0.25, 0.3) is 0 Å². The summed E-state index contributed by atoms with van der Waals surface area (Å²) < 4.78 is 12.6. The van der Waals surface area contributed by atoms with Gasteiger partial charge in [-0.05, 0) is 25.0 Å². The predicted molar refractivity (Wildman–Crippen MR) is 76.4 cm³/mol. The van der Waals surface area contributed by atoms with Crippen LogP contribution in [-0.4, -0.2) is 28.8 Å². The first-order valence-electron chi connectivity index (χ1n) is 6.97. The molecule has 1 aromatic carbocycles. The summed E-state index contributed by atoms with van der Waals surface area (Å²) in [5, 5.41) is 2.91. The summed E-state index contributed by atoms with van der Waals surface area (Å²) >= 11 is 0. The monoisotopic (exact) mass is 287 g/mol. The number of benzene rings is 1. The molecule has 0 unspecified atom stereocenters. The Morgan fingerprint density at radius 2 is 2.29 bits per heavy atom. The number of hydrogen-bond donors (Lipinski definition) is 1. The van der Waals surface area contributed by atoms with Gasteiger partial charge in [0.25, 0.3) is 5.91 Å². The summed E-state index contributed by atoms with van der Waals surface area (Å²) in [5.74, 6) is 1.04. The van der Waals surface area contributed by atoms with Gasteiger partial charge in [-0.15, -0.1) is 0 Å². The molecule has 2 heterocycles. The number of para-hydroxylation sites is 1. The average Bonchev–Trinajstić information content (AvgIpc) is 3.17. The molecule has 0 saturated carbocycles. The molecule has 2 aromatic rings. The predicted octanol–water partition coefficient (Wildman–Crippen LogP) is 1.82. The Labute approximate surface area is 122 Å². The number of fused-ring (bicyclic) bond motifs is 1. The van der Waals surface area contributed by atoms with E-state index in [4.69, 9.17) is 9.47 Å². The van der Waals surface area contributed by atoms with E-state index >= 15 is 0 Å². The van der Waals surface area contributed by atoms with E-state index in [1.807, 2.05) is 10.8 Å². The number of hydrogen-bond acceptors (Lipinski definition) is 4. The van der Waals surface area contributed by atoms with Gasteiger partial charge in [0.15, 0.2) is 11.5 Å². The molecule has 6 nitrogen and oxygen atoms in total. The number of ether oxygens (including phenoxy) is 2. The highest BCUT2D eigenvalue weighted by atomic mass is 16.7. The SMILES string of the molecule is O=C(NCCCCn1ccnc1)c1cccc2c1OCO2. The maximum absolute atomic E-state index is 12.1. The fourth-order valence-electron chi connectivity index (χ4n) is 2.24. The normalized spacial score (nSPS) is 12.4. The van der Waals surface area contributed by atoms with Gasteiger partial charge in [0.2, 0.25) is 6.79 Å². The summed E-state index contributed by atoms with van der Waals surface area (Å²) in [7, 11) is 0. The van der Waals surface area contributed by atoms with Crippen molar-refractivity contribution in [2.24, 2.45) is 0 Å². The van der Waals surface area contributed by atoms with Crippen LogP contribution in [0, 0.1) is 0 Å². The Morgan fingerprint density at radius 3 is 3.14 bits per heavy atom. The molecule has 0 bridgehead atoms. The molecule has 0 aliphatic carbocycles. The highest BCUT2D eigenvalue weighted by Gasteiger charge is 2.21. The van der Waals surface area contributed by atoms with Gasteiger partial charge >= 0.3 is 0 Å². The number of amides is 1. The highest BCUT2D eigenvalue weighted by Crippen LogP contribution is 2.35. The van der Waals surface area contributed by atoms with Crippen LogP contribution in [0.2, 0.25) is 0 Å². The lowest BCUT2D eigenvalue weighted by Crippen LogP contribution is -2.24. The Morgan fingerprint density at radius 1 is 1.33 bits per heavy atom. The minimum atomic E-state index is -0.125. The second kappa shape index (κ2) is 6.30. The number of carbonyl (C=O) groups excluding carboxylic acids is 1. The van der Waals surface area contributed by atoms with Crippen LogP contribution in [0.5, 0.6) is 11.5 Å². The molecule has 110 valence electrons. The maximum Gasteiger partial charge on any atom is 0.255 e. The second-order valence-electron chi connectivity index (χ2n) is 4.80. The van der Waals surface area contributed by atoms with Crippen LogP contribution in [-0.2, 0) is 6.54 Å². The molecule has 0 fully saturated rings. The first kappa shape index (κ1) is 13.5. The number of nitrogens with one attached hydrogen (secondary N) is 1. The molecule has 1 aliphatic rings. The van der Waals surface area contributed by atoms with E-state index in [-0.39, 0.29) is 12.7 Å². The summed E-state index contributed by atoms with van der Waals surface area (Å²) in [6.45, 7) is 1.72. The topological polar surface area (TPSA) is 65.4 Å². The van der Waals surface area contributed by atoms with Crippen LogP contribution in [0.1, 0.15) is 23.2 Å². The maximum atomic E-state index is 12.1. The Bertz CT molecular complexity index is 611. The summed E-state index contributed by atoms with van der Waals surface area (Å²) in [6, 6.07) is 5.33. The molecule has 6 heteroatoms. The van der Waals surface area contributed by atoms with Gasteiger partial charge < -0.3 is 19.4 Å². The van der Waals surface area contributed by atoms with E-state index in [0.29, 0.717) is 23.6 Å². The van der Waals surface area contributed by atoms with Crippen LogP contribution < -0.4 is 14.8 Å². The van der Waals surface area contributed by atoms with Crippen LogP contribution in [0.4, 0.5) is 0 Å². The molecule has 1 aliphatic heterocycles. The lowest BCUT2D eigenvalue weighted by Gasteiger charge is -2.07. The van der Waals surface area contributed by atoms with Gasteiger partial charge in [-0.25, -0.2) is 4.98 Å². The van der Waals surface area contributed by atoms with Crippen molar-refractivity contribution in [3.63, 3.8) is 0 Å². The van der Waals surface area contributed by atoms with Gasteiger partial charge in [-0.1, -0.05) is 6.07 Å². The summed E-state index contributed by atoms with van der Waals surface area (Å²) in [4.78, 5) is 16.1. The lowest BCUT2D eigenvalue weighted by molar-refractivity contribution is 0.0948. The minimum absolute atomic E-state index is 0.125. The minimum Gasteiger partial charge on any atom is -0.454 e. The molecular weight excluding hydrogens is 270 g/mol. The van der Waals surface area contributed by atoms with Crippen molar-refractivity contribution in [3.05, 3.63) is 42.5 Å². The third-order valence-corrected chi connectivity index (χ3v) is 3.33.